The summed E-state index contributed by atoms with van der Waals surface area (Å²) in [6.07, 6.45) is 11.6. The molecule has 0 aromatic heterocycles. The third kappa shape index (κ3) is 8.23. The zero-order valence-corrected chi connectivity index (χ0v) is 17.5. The SMILES string of the molecule is CC(=CC=CCOC1=CC(C)C(C(=O)NC(C(=O)NO)C(C)(C)N)C=C1)CCO. The van der Waals surface area contributed by atoms with Crippen LogP contribution in [0.1, 0.15) is 34.1 Å². The van der Waals surface area contributed by atoms with Crippen molar-refractivity contribution in [3.8, 4) is 0 Å². The zero-order chi connectivity index (χ0) is 22.0. The number of carbonyl (C=O) groups excluding carboxylic acids is 2. The highest BCUT2D eigenvalue weighted by Crippen LogP contribution is 2.24. The Morgan fingerprint density at radius 3 is 2.66 bits per heavy atom. The summed E-state index contributed by atoms with van der Waals surface area (Å²) < 4.78 is 5.67. The van der Waals surface area contributed by atoms with Crippen molar-refractivity contribution in [2.24, 2.45) is 17.6 Å². The molecule has 8 heteroatoms. The fraction of sp³-hybridized carbons (Fsp3) is 0.524. The van der Waals surface area contributed by atoms with Crippen LogP contribution in [0, 0.1) is 11.8 Å². The number of hydroxylamine groups is 1. The van der Waals surface area contributed by atoms with Crippen molar-refractivity contribution in [1.29, 1.82) is 0 Å². The first kappa shape index (κ1) is 24.6. The Hall–Kier alpha value is -2.42. The van der Waals surface area contributed by atoms with Crippen LogP contribution in [0.5, 0.6) is 0 Å². The summed E-state index contributed by atoms with van der Waals surface area (Å²) in [4.78, 5) is 24.5. The van der Waals surface area contributed by atoms with Gasteiger partial charge in [-0.25, -0.2) is 5.48 Å². The van der Waals surface area contributed by atoms with E-state index in [0.29, 0.717) is 18.8 Å². The van der Waals surface area contributed by atoms with E-state index >= 15 is 0 Å². The molecule has 1 aliphatic rings. The molecule has 0 bridgehead atoms. The van der Waals surface area contributed by atoms with E-state index < -0.39 is 23.4 Å². The van der Waals surface area contributed by atoms with E-state index in [4.69, 9.17) is 20.8 Å². The molecule has 3 atom stereocenters. The number of hydrogen-bond donors (Lipinski definition) is 5. The van der Waals surface area contributed by atoms with E-state index in [1.807, 2.05) is 38.2 Å². The van der Waals surface area contributed by atoms with Crippen LogP contribution in [0.3, 0.4) is 0 Å². The highest BCUT2D eigenvalue weighted by atomic mass is 16.5. The largest absolute Gasteiger partial charge is 0.490 e. The van der Waals surface area contributed by atoms with E-state index in [2.05, 4.69) is 5.32 Å². The lowest BCUT2D eigenvalue weighted by Crippen LogP contribution is -2.62. The van der Waals surface area contributed by atoms with Crippen LogP contribution in [-0.2, 0) is 14.3 Å². The molecule has 6 N–H and O–H groups in total. The first-order chi connectivity index (χ1) is 13.6. The van der Waals surface area contributed by atoms with Crippen molar-refractivity contribution in [3.05, 3.63) is 47.8 Å². The van der Waals surface area contributed by atoms with Crippen LogP contribution in [-0.4, -0.2) is 46.9 Å². The van der Waals surface area contributed by atoms with Crippen LogP contribution in [0.25, 0.3) is 0 Å². The molecular formula is C21H33N3O5. The minimum Gasteiger partial charge on any atom is -0.490 e. The first-order valence-electron chi connectivity index (χ1n) is 9.59. The van der Waals surface area contributed by atoms with Gasteiger partial charge < -0.3 is 20.9 Å². The Balaban J connectivity index is 2.63. The summed E-state index contributed by atoms with van der Waals surface area (Å²) in [5, 5.41) is 20.4. The summed E-state index contributed by atoms with van der Waals surface area (Å²) in [5.74, 6) is -1.11. The monoisotopic (exact) mass is 407 g/mol. The number of nitrogens with two attached hydrogens (primary N) is 1. The van der Waals surface area contributed by atoms with Crippen LogP contribution in [0.15, 0.2) is 47.8 Å². The topological polar surface area (TPSA) is 134 Å². The molecule has 0 spiro atoms. The van der Waals surface area contributed by atoms with Crippen molar-refractivity contribution in [3.63, 3.8) is 0 Å². The molecule has 0 aliphatic heterocycles. The van der Waals surface area contributed by atoms with Crippen molar-refractivity contribution in [1.82, 2.24) is 10.8 Å². The van der Waals surface area contributed by atoms with E-state index in [9.17, 15) is 9.59 Å². The number of ether oxygens (including phenoxy) is 1. The van der Waals surface area contributed by atoms with Gasteiger partial charge in [0.1, 0.15) is 18.4 Å². The van der Waals surface area contributed by atoms with E-state index in [-0.39, 0.29) is 18.4 Å². The van der Waals surface area contributed by atoms with E-state index in [0.717, 1.165) is 5.57 Å². The van der Waals surface area contributed by atoms with Gasteiger partial charge in [0.25, 0.3) is 5.91 Å². The molecule has 0 fully saturated rings. The summed E-state index contributed by atoms with van der Waals surface area (Å²) >= 11 is 0. The van der Waals surface area contributed by atoms with Gasteiger partial charge in [0, 0.05) is 12.1 Å². The maximum Gasteiger partial charge on any atom is 0.267 e. The minimum atomic E-state index is -1.07. The predicted octanol–water partition coefficient (Wildman–Crippen LogP) is 1.32. The first-order valence-corrected chi connectivity index (χ1v) is 9.59. The fourth-order valence-electron chi connectivity index (χ4n) is 2.80. The molecule has 1 rings (SSSR count). The van der Waals surface area contributed by atoms with Gasteiger partial charge in [-0.2, -0.15) is 0 Å². The number of rotatable bonds is 10. The summed E-state index contributed by atoms with van der Waals surface area (Å²) in [6, 6.07) is -1.07. The lowest BCUT2D eigenvalue weighted by atomic mass is 9.87. The smallest absolute Gasteiger partial charge is 0.267 e. The second-order valence-corrected chi connectivity index (χ2v) is 7.78. The quantitative estimate of drug-likeness (QED) is 0.211. The van der Waals surface area contributed by atoms with Gasteiger partial charge in [0.2, 0.25) is 5.91 Å². The van der Waals surface area contributed by atoms with Gasteiger partial charge in [-0.15, -0.1) is 0 Å². The van der Waals surface area contributed by atoms with E-state index in [1.165, 1.54) is 5.48 Å². The van der Waals surface area contributed by atoms with E-state index in [1.54, 1.807) is 26.0 Å². The number of aliphatic hydroxyl groups excluding tert-OH is 1. The lowest BCUT2D eigenvalue weighted by molar-refractivity contribution is -0.137. The molecule has 1 aliphatic carbocycles. The van der Waals surface area contributed by atoms with Crippen molar-refractivity contribution < 1.29 is 24.6 Å². The number of allylic oxidation sites excluding steroid dienone is 4. The third-order valence-corrected chi connectivity index (χ3v) is 4.54. The molecule has 0 saturated heterocycles. The minimum absolute atomic E-state index is 0.130. The average Bonchev–Trinajstić information content (AvgIpc) is 2.64. The lowest BCUT2D eigenvalue weighted by Gasteiger charge is -2.31. The number of hydrogen-bond acceptors (Lipinski definition) is 6. The molecule has 8 nitrogen and oxygen atoms in total. The van der Waals surface area contributed by atoms with Crippen molar-refractivity contribution in [2.45, 2.75) is 45.7 Å². The summed E-state index contributed by atoms with van der Waals surface area (Å²) in [6.45, 7) is 7.51. The number of carbonyl (C=O) groups is 2. The third-order valence-electron chi connectivity index (χ3n) is 4.54. The van der Waals surface area contributed by atoms with Crippen LogP contribution in [0.2, 0.25) is 0 Å². The Morgan fingerprint density at radius 2 is 2.10 bits per heavy atom. The Labute approximate surface area is 172 Å². The summed E-state index contributed by atoms with van der Waals surface area (Å²) in [5.41, 5.74) is 7.51. The molecule has 29 heavy (non-hydrogen) atoms. The van der Waals surface area contributed by atoms with Crippen LogP contribution < -0.4 is 16.5 Å². The maximum atomic E-state index is 12.6. The molecular weight excluding hydrogens is 374 g/mol. The van der Waals surface area contributed by atoms with Gasteiger partial charge in [-0.05, 0) is 51.3 Å². The normalized spacial score (nSPS) is 20.9. The van der Waals surface area contributed by atoms with Crippen molar-refractivity contribution in [2.75, 3.05) is 13.2 Å². The second-order valence-electron chi connectivity index (χ2n) is 7.78. The molecule has 3 unspecified atom stereocenters. The molecule has 162 valence electrons. The maximum absolute atomic E-state index is 12.6. The van der Waals surface area contributed by atoms with Crippen LogP contribution in [0.4, 0.5) is 0 Å². The molecule has 0 aromatic rings. The van der Waals surface area contributed by atoms with Crippen molar-refractivity contribution >= 4 is 11.8 Å². The Bertz CT molecular complexity index is 689. The molecule has 0 radical (unpaired) electrons. The van der Waals surface area contributed by atoms with Gasteiger partial charge in [0.15, 0.2) is 0 Å². The highest BCUT2D eigenvalue weighted by molar-refractivity contribution is 5.90. The fourth-order valence-corrected chi connectivity index (χ4v) is 2.80. The number of amides is 2. The van der Waals surface area contributed by atoms with Gasteiger partial charge in [-0.1, -0.05) is 30.7 Å². The number of nitrogens with one attached hydrogen (secondary N) is 2. The molecule has 0 aromatic carbocycles. The Kier molecular flexibility index (Phi) is 9.80. The Morgan fingerprint density at radius 1 is 1.41 bits per heavy atom. The molecule has 2 amide bonds. The molecule has 0 saturated carbocycles. The highest BCUT2D eigenvalue weighted by Gasteiger charge is 2.35. The van der Waals surface area contributed by atoms with Crippen LogP contribution >= 0.6 is 0 Å². The van der Waals surface area contributed by atoms with Gasteiger partial charge in [0.05, 0.1) is 5.92 Å². The van der Waals surface area contributed by atoms with Gasteiger partial charge in [-0.3, -0.25) is 14.8 Å². The number of aliphatic hydroxyl groups is 1. The molecule has 0 heterocycles. The second kappa shape index (κ2) is 11.5. The average molecular weight is 408 g/mol. The van der Waals surface area contributed by atoms with Gasteiger partial charge >= 0.3 is 0 Å². The zero-order valence-electron chi connectivity index (χ0n) is 17.5. The standard InChI is InChI=1S/C21H33N3O5/c1-14(10-11-25)7-5-6-12-29-16-8-9-17(15(2)13-16)19(26)23-18(20(27)24-28)21(3,4)22/h5-9,13,15,17-18,25,28H,10-12,22H2,1-4H3,(H,23,26)(H,24,27). The predicted molar refractivity (Wildman–Crippen MR) is 111 cm³/mol. The summed E-state index contributed by atoms with van der Waals surface area (Å²) in [7, 11) is 0.